The third-order valence-corrected chi connectivity index (χ3v) is 5.41. The molecule has 3 aliphatic carbocycles. The largest absolute Gasteiger partial charge is 0.378 e. The molecule has 0 bridgehead atoms. The predicted molar refractivity (Wildman–Crippen MR) is 86.5 cm³/mol. The van der Waals surface area contributed by atoms with Gasteiger partial charge in [-0.25, -0.2) is 0 Å². The highest BCUT2D eigenvalue weighted by Crippen LogP contribution is 2.57. The van der Waals surface area contributed by atoms with Crippen LogP contribution in [0.25, 0.3) is 0 Å². The van der Waals surface area contributed by atoms with Gasteiger partial charge < -0.3 is 15.4 Å². The third-order valence-electron chi connectivity index (χ3n) is 5.41. The second-order valence-corrected chi connectivity index (χ2v) is 6.57. The van der Waals surface area contributed by atoms with E-state index in [2.05, 4.69) is 41.6 Å². The van der Waals surface area contributed by atoms with Crippen LogP contribution in [-0.4, -0.2) is 37.3 Å². The van der Waals surface area contributed by atoms with E-state index in [-0.39, 0.29) is 0 Å². The zero-order chi connectivity index (χ0) is 14.7. The quantitative estimate of drug-likeness (QED) is 0.465. The standard InChI is InChI=1S/C17H29N3O/c1-3-18-16(19-13-8-5-6-9-13)20-14-12-15(21-4-2)17(14)10-7-11-17/h5-6,13-15H,3-4,7-12H2,1-2H3,(H2,18,19,20). The normalized spacial score (nSPS) is 31.0. The van der Waals surface area contributed by atoms with Crippen LogP contribution in [0.15, 0.2) is 17.1 Å². The monoisotopic (exact) mass is 291 g/mol. The maximum atomic E-state index is 5.93. The van der Waals surface area contributed by atoms with E-state index in [4.69, 9.17) is 4.74 Å². The van der Waals surface area contributed by atoms with Crippen molar-refractivity contribution >= 4 is 5.96 Å². The highest BCUT2D eigenvalue weighted by atomic mass is 16.5. The topological polar surface area (TPSA) is 45.7 Å². The Balaban J connectivity index is 1.57. The molecule has 3 rings (SSSR count). The number of aliphatic imine (C=N–C) groups is 1. The van der Waals surface area contributed by atoms with Crippen LogP contribution in [0.3, 0.4) is 0 Å². The molecule has 4 heteroatoms. The Labute approximate surface area is 128 Å². The number of nitrogens with zero attached hydrogens (tertiary/aromatic N) is 1. The van der Waals surface area contributed by atoms with Crippen LogP contribution in [0, 0.1) is 5.41 Å². The van der Waals surface area contributed by atoms with Crippen molar-refractivity contribution < 1.29 is 4.74 Å². The molecular formula is C17H29N3O. The first-order valence-electron chi connectivity index (χ1n) is 8.62. The van der Waals surface area contributed by atoms with E-state index in [1.165, 1.54) is 19.3 Å². The molecule has 2 saturated carbocycles. The fraction of sp³-hybridized carbons (Fsp3) is 0.824. The summed E-state index contributed by atoms with van der Waals surface area (Å²) in [6.07, 6.45) is 12.3. The van der Waals surface area contributed by atoms with Gasteiger partial charge in [-0.15, -0.1) is 0 Å². The Kier molecular flexibility index (Phi) is 4.53. The van der Waals surface area contributed by atoms with Gasteiger partial charge in [-0.3, -0.25) is 4.99 Å². The Hall–Kier alpha value is -1.03. The molecule has 0 radical (unpaired) electrons. The molecule has 4 nitrogen and oxygen atoms in total. The van der Waals surface area contributed by atoms with Crippen LogP contribution in [0.2, 0.25) is 0 Å². The summed E-state index contributed by atoms with van der Waals surface area (Å²) in [6, 6.07) is 1.05. The van der Waals surface area contributed by atoms with Crippen molar-refractivity contribution in [2.45, 2.75) is 70.6 Å². The zero-order valence-electron chi connectivity index (χ0n) is 13.4. The number of ether oxygens (including phenoxy) is 1. The fourth-order valence-corrected chi connectivity index (χ4v) is 4.03. The van der Waals surface area contributed by atoms with Crippen molar-refractivity contribution in [2.24, 2.45) is 10.4 Å². The number of nitrogens with one attached hydrogen (secondary N) is 2. The lowest BCUT2D eigenvalue weighted by atomic mass is 9.51. The van der Waals surface area contributed by atoms with Gasteiger partial charge in [-0.2, -0.15) is 0 Å². The Morgan fingerprint density at radius 2 is 2.00 bits per heavy atom. The van der Waals surface area contributed by atoms with Gasteiger partial charge in [0.1, 0.15) is 0 Å². The second-order valence-electron chi connectivity index (χ2n) is 6.57. The van der Waals surface area contributed by atoms with Crippen LogP contribution < -0.4 is 10.6 Å². The first-order valence-corrected chi connectivity index (χ1v) is 8.62. The zero-order valence-corrected chi connectivity index (χ0v) is 13.4. The summed E-state index contributed by atoms with van der Waals surface area (Å²) in [7, 11) is 0. The van der Waals surface area contributed by atoms with Gasteiger partial charge in [-0.05, 0) is 46.0 Å². The van der Waals surface area contributed by atoms with Crippen LogP contribution in [0.4, 0.5) is 0 Å². The van der Waals surface area contributed by atoms with Crippen molar-refractivity contribution in [2.75, 3.05) is 13.2 Å². The van der Waals surface area contributed by atoms with E-state index in [1.54, 1.807) is 0 Å². The lowest BCUT2D eigenvalue weighted by Gasteiger charge is -2.61. The lowest BCUT2D eigenvalue weighted by Crippen LogP contribution is -2.69. The Bertz CT molecular complexity index is 406. The molecule has 3 aliphatic rings. The smallest absolute Gasteiger partial charge is 0.191 e. The van der Waals surface area contributed by atoms with Gasteiger partial charge >= 0.3 is 0 Å². The summed E-state index contributed by atoms with van der Waals surface area (Å²) in [5.74, 6) is 0.998. The molecule has 2 atom stereocenters. The van der Waals surface area contributed by atoms with E-state index in [9.17, 15) is 0 Å². The van der Waals surface area contributed by atoms with E-state index in [0.29, 0.717) is 23.6 Å². The molecule has 0 aromatic rings. The van der Waals surface area contributed by atoms with E-state index >= 15 is 0 Å². The van der Waals surface area contributed by atoms with E-state index < -0.39 is 0 Å². The van der Waals surface area contributed by atoms with Gasteiger partial charge in [0.2, 0.25) is 0 Å². The van der Waals surface area contributed by atoms with Crippen LogP contribution >= 0.6 is 0 Å². The molecule has 0 aliphatic heterocycles. The number of hydrogen-bond acceptors (Lipinski definition) is 2. The fourth-order valence-electron chi connectivity index (χ4n) is 4.03. The summed E-state index contributed by atoms with van der Waals surface area (Å²) < 4.78 is 5.93. The molecule has 21 heavy (non-hydrogen) atoms. The molecule has 0 heterocycles. The van der Waals surface area contributed by atoms with Crippen molar-refractivity contribution in [1.82, 2.24) is 10.6 Å². The molecular weight excluding hydrogens is 262 g/mol. The summed E-state index contributed by atoms with van der Waals surface area (Å²) in [6.45, 7) is 5.86. The maximum Gasteiger partial charge on any atom is 0.191 e. The number of hydrogen-bond donors (Lipinski definition) is 2. The minimum Gasteiger partial charge on any atom is -0.378 e. The second kappa shape index (κ2) is 6.39. The molecule has 0 saturated heterocycles. The summed E-state index contributed by atoms with van der Waals surface area (Å²) in [5, 5.41) is 7.28. The summed E-state index contributed by atoms with van der Waals surface area (Å²) in [4.78, 5) is 4.63. The van der Waals surface area contributed by atoms with Gasteiger partial charge in [0.05, 0.1) is 6.10 Å². The molecule has 0 amide bonds. The molecule has 2 unspecified atom stereocenters. The Morgan fingerprint density at radius 3 is 2.57 bits per heavy atom. The van der Waals surface area contributed by atoms with Crippen LogP contribution in [-0.2, 0) is 4.74 Å². The lowest BCUT2D eigenvalue weighted by molar-refractivity contribution is -0.168. The predicted octanol–water partition coefficient (Wildman–Crippen LogP) is 2.61. The van der Waals surface area contributed by atoms with Crippen molar-refractivity contribution in [1.29, 1.82) is 0 Å². The van der Waals surface area contributed by atoms with Gasteiger partial charge in [0.15, 0.2) is 5.96 Å². The molecule has 2 fully saturated rings. The average molecular weight is 291 g/mol. The molecule has 1 spiro atoms. The minimum atomic E-state index is 0.389. The van der Waals surface area contributed by atoms with Crippen molar-refractivity contribution in [3.8, 4) is 0 Å². The number of guanidine groups is 1. The first kappa shape index (κ1) is 14.9. The molecule has 118 valence electrons. The van der Waals surface area contributed by atoms with Gasteiger partial charge in [-0.1, -0.05) is 18.6 Å². The van der Waals surface area contributed by atoms with Crippen LogP contribution in [0.1, 0.15) is 52.4 Å². The van der Waals surface area contributed by atoms with Gasteiger partial charge in [0.25, 0.3) is 0 Å². The van der Waals surface area contributed by atoms with Crippen molar-refractivity contribution in [3.05, 3.63) is 12.2 Å². The first-order chi connectivity index (χ1) is 10.3. The average Bonchev–Trinajstić information content (AvgIpc) is 2.88. The van der Waals surface area contributed by atoms with Crippen LogP contribution in [0.5, 0.6) is 0 Å². The summed E-state index contributed by atoms with van der Waals surface area (Å²) in [5.41, 5.74) is 0.389. The maximum absolute atomic E-state index is 5.93. The van der Waals surface area contributed by atoms with E-state index in [1.807, 2.05) is 0 Å². The highest BCUT2D eigenvalue weighted by Gasteiger charge is 2.59. The third kappa shape index (κ3) is 2.83. The van der Waals surface area contributed by atoms with Gasteiger partial charge in [0, 0.05) is 30.7 Å². The number of rotatable bonds is 5. The minimum absolute atomic E-state index is 0.389. The molecule has 0 aromatic carbocycles. The molecule has 2 N–H and O–H groups in total. The molecule has 0 aromatic heterocycles. The summed E-state index contributed by atoms with van der Waals surface area (Å²) >= 11 is 0. The highest BCUT2D eigenvalue weighted by molar-refractivity contribution is 5.80. The SMILES string of the molecule is CCN=C(NC1CC=CC1)NC1CC(OCC)C12CCC2. The Morgan fingerprint density at radius 1 is 1.24 bits per heavy atom. The van der Waals surface area contributed by atoms with E-state index in [0.717, 1.165) is 38.4 Å². The van der Waals surface area contributed by atoms with Crippen molar-refractivity contribution in [3.63, 3.8) is 0 Å².